The van der Waals surface area contributed by atoms with Crippen LogP contribution in [0.2, 0.25) is 0 Å². The maximum Gasteiger partial charge on any atom is 0.397 e. The van der Waals surface area contributed by atoms with E-state index in [1.165, 1.54) is 6.92 Å². The van der Waals surface area contributed by atoms with Gasteiger partial charge in [-0.1, -0.05) is 27.7 Å². The second-order valence-corrected chi connectivity index (χ2v) is 14.3. The van der Waals surface area contributed by atoms with Gasteiger partial charge < -0.3 is 40.9 Å². The molecule has 0 spiro atoms. The molecule has 0 bridgehead atoms. The van der Waals surface area contributed by atoms with Gasteiger partial charge in [-0.3, -0.25) is 4.55 Å². The normalized spacial score (nSPS) is 53.4. The van der Waals surface area contributed by atoms with E-state index in [1.807, 2.05) is 13.8 Å². The van der Waals surface area contributed by atoms with Crippen molar-refractivity contribution in [3.63, 3.8) is 0 Å². The minimum atomic E-state index is -5.38. The van der Waals surface area contributed by atoms with Gasteiger partial charge >= 0.3 is 10.4 Å². The maximum atomic E-state index is 12.5. The largest absolute Gasteiger partial charge is 0.397 e. The minimum absolute atomic E-state index is 0.0427. The fourth-order valence-electron chi connectivity index (χ4n) is 9.43. The molecule has 0 aromatic carbocycles. The summed E-state index contributed by atoms with van der Waals surface area (Å²) in [5.74, 6) is -1.63. The van der Waals surface area contributed by atoms with Gasteiger partial charge in [0, 0.05) is 16.7 Å². The zero-order valence-electron chi connectivity index (χ0n) is 23.0. The lowest BCUT2D eigenvalue weighted by molar-refractivity contribution is -0.397. The van der Waals surface area contributed by atoms with E-state index in [4.69, 9.17) is 4.18 Å². The minimum Gasteiger partial charge on any atom is -0.393 e. The molecule has 4 aliphatic rings. The molecule has 12 nitrogen and oxygen atoms in total. The summed E-state index contributed by atoms with van der Waals surface area (Å²) in [5.41, 5.74) is -10.5. The van der Waals surface area contributed by atoms with Crippen molar-refractivity contribution in [1.29, 1.82) is 0 Å². The van der Waals surface area contributed by atoms with Crippen LogP contribution < -0.4 is 0 Å². The second-order valence-electron chi connectivity index (χ2n) is 13.3. The van der Waals surface area contributed by atoms with Gasteiger partial charge in [-0.25, -0.2) is 4.18 Å². The lowest BCUT2D eigenvalue weighted by Crippen LogP contribution is -2.88. The topological polar surface area (TPSA) is 225 Å². The molecule has 14 atom stereocenters. The van der Waals surface area contributed by atoms with Crippen LogP contribution in [0.25, 0.3) is 0 Å². The van der Waals surface area contributed by atoms with E-state index < -0.39 is 80.6 Å². The molecular weight excluding hydrogens is 536 g/mol. The Kier molecular flexibility index (Phi) is 7.91. The molecule has 4 aliphatic carbocycles. The summed E-state index contributed by atoms with van der Waals surface area (Å²) < 4.78 is 38.1. The number of aliphatic hydroxyl groups excluding tert-OH is 5. The van der Waals surface area contributed by atoms with E-state index in [2.05, 4.69) is 0 Å². The van der Waals surface area contributed by atoms with Crippen LogP contribution in [0, 0.1) is 28.6 Å². The van der Waals surface area contributed by atoms with E-state index in [9.17, 15) is 53.8 Å². The van der Waals surface area contributed by atoms with E-state index in [1.54, 1.807) is 6.92 Å². The summed E-state index contributed by atoms with van der Waals surface area (Å²) >= 11 is 0. The lowest BCUT2D eigenvalue weighted by Gasteiger charge is -2.72. The first-order valence-electron chi connectivity index (χ1n) is 14.0. The first-order chi connectivity index (χ1) is 17.8. The average molecular weight is 583 g/mol. The number of rotatable bonds is 7. The molecule has 0 radical (unpaired) electrons. The zero-order valence-corrected chi connectivity index (χ0v) is 23.8. The van der Waals surface area contributed by atoms with Gasteiger partial charge in [0.25, 0.3) is 0 Å². The van der Waals surface area contributed by atoms with Gasteiger partial charge in [0.1, 0.15) is 35.1 Å². The Morgan fingerprint density at radius 1 is 0.923 bits per heavy atom. The van der Waals surface area contributed by atoms with Crippen LogP contribution >= 0.6 is 0 Å². The standard InChI is InChI=1S/C26H46O12S/c1-5-14(27)7-6-13(2)15-12-18(29)26(34)22(15,3)11-9-17-23(4)10-8-16(28)19(30)25(23,33)21(38-39(35,36)37)20(31)24(17,26)32/h13-21,27-34H,5-12H2,1-4H3,(H,35,36,37). The highest BCUT2D eigenvalue weighted by Crippen LogP contribution is 2.72. The molecule has 13 heteroatoms. The van der Waals surface area contributed by atoms with Gasteiger partial charge in [-0.15, -0.1) is 0 Å². The Labute approximate surface area is 229 Å². The average Bonchev–Trinajstić information content (AvgIpc) is 3.07. The third-order valence-corrected chi connectivity index (χ3v) is 12.2. The molecule has 4 saturated carbocycles. The summed E-state index contributed by atoms with van der Waals surface area (Å²) in [7, 11) is -5.38. The van der Waals surface area contributed by atoms with E-state index in [0.717, 1.165) is 0 Å². The van der Waals surface area contributed by atoms with Crippen LogP contribution in [-0.4, -0.2) is 107 Å². The molecule has 0 aliphatic heterocycles. The predicted molar refractivity (Wildman–Crippen MR) is 136 cm³/mol. The van der Waals surface area contributed by atoms with Crippen molar-refractivity contribution in [2.75, 3.05) is 0 Å². The molecule has 228 valence electrons. The van der Waals surface area contributed by atoms with Gasteiger partial charge in [0.2, 0.25) is 0 Å². The van der Waals surface area contributed by atoms with Crippen LogP contribution in [0.5, 0.6) is 0 Å². The highest BCUT2D eigenvalue weighted by Gasteiger charge is 2.84. The molecule has 4 fully saturated rings. The summed E-state index contributed by atoms with van der Waals surface area (Å²) in [6, 6.07) is 0. The molecule has 14 unspecified atom stereocenters. The van der Waals surface area contributed by atoms with Crippen molar-refractivity contribution < 1.29 is 58.0 Å². The van der Waals surface area contributed by atoms with Crippen molar-refractivity contribution in [1.82, 2.24) is 0 Å². The Bertz CT molecular complexity index is 1040. The predicted octanol–water partition coefficient (Wildman–Crippen LogP) is -0.752. The van der Waals surface area contributed by atoms with Gasteiger partial charge in [0.15, 0.2) is 0 Å². The van der Waals surface area contributed by atoms with Crippen LogP contribution in [-0.2, 0) is 14.6 Å². The van der Waals surface area contributed by atoms with Crippen molar-refractivity contribution in [3.8, 4) is 0 Å². The van der Waals surface area contributed by atoms with Crippen molar-refractivity contribution in [3.05, 3.63) is 0 Å². The SMILES string of the molecule is CCC(O)CCC(C)C1CC(O)C2(O)C1(C)CCC1C3(C)CCC(O)C(O)C3(O)C(OS(=O)(=O)O)C(O)C12O. The lowest BCUT2D eigenvalue weighted by atomic mass is 9.38. The summed E-state index contributed by atoms with van der Waals surface area (Å²) in [4.78, 5) is 0. The number of fused-ring (bicyclic) bond motifs is 5. The number of hydrogen-bond donors (Lipinski definition) is 9. The third kappa shape index (κ3) is 4.03. The zero-order chi connectivity index (χ0) is 29.6. The first-order valence-corrected chi connectivity index (χ1v) is 15.4. The summed E-state index contributed by atoms with van der Waals surface area (Å²) in [5, 5.41) is 91.5. The fraction of sp³-hybridized carbons (Fsp3) is 1.00. The monoisotopic (exact) mass is 582 g/mol. The van der Waals surface area contributed by atoms with Crippen LogP contribution in [0.4, 0.5) is 0 Å². The Hall–Kier alpha value is -0.450. The molecule has 0 heterocycles. The van der Waals surface area contributed by atoms with Gasteiger partial charge in [-0.2, -0.15) is 8.42 Å². The third-order valence-electron chi connectivity index (χ3n) is 11.7. The molecular formula is C26H46O12S. The van der Waals surface area contributed by atoms with Crippen molar-refractivity contribution >= 4 is 10.4 Å². The van der Waals surface area contributed by atoms with Gasteiger partial charge in [0.05, 0.1) is 18.3 Å². The Balaban J connectivity index is 1.86. The van der Waals surface area contributed by atoms with E-state index in [0.29, 0.717) is 19.3 Å². The molecule has 0 amide bonds. The highest BCUT2D eigenvalue weighted by molar-refractivity contribution is 7.80. The van der Waals surface area contributed by atoms with Crippen molar-refractivity contribution in [2.24, 2.45) is 28.6 Å². The Morgan fingerprint density at radius 3 is 2.08 bits per heavy atom. The highest BCUT2D eigenvalue weighted by atomic mass is 32.3. The van der Waals surface area contributed by atoms with Crippen LogP contribution in [0.15, 0.2) is 0 Å². The van der Waals surface area contributed by atoms with Gasteiger partial charge in [-0.05, 0) is 63.2 Å². The van der Waals surface area contributed by atoms with Crippen LogP contribution in [0.3, 0.4) is 0 Å². The van der Waals surface area contributed by atoms with E-state index in [-0.39, 0.29) is 43.9 Å². The number of aliphatic hydroxyl groups is 8. The summed E-state index contributed by atoms with van der Waals surface area (Å²) in [6.07, 6.45) is -8.38. The van der Waals surface area contributed by atoms with Crippen LogP contribution in [0.1, 0.15) is 79.1 Å². The quantitative estimate of drug-likeness (QED) is 0.169. The Morgan fingerprint density at radius 2 is 1.51 bits per heavy atom. The molecule has 0 saturated heterocycles. The molecule has 0 aromatic heterocycles. The smallest absolute Gasteiger partial charge is 0.393 e. The molecule has 9 N–H and O–H groups in total. The molecule has 0 aromatic rings. The number of hydrogen-bond acceptors (Lipinski definition) is 11. The van der Waals surface area contributed by atoms with Crippen molar-refractivity contribution in [2.45, 2.75) is 132 Å². The molecule has 4 rings (SSSR count). The fourth-order valence-corrected chi connectivity index (χ4v) is 9.95. The maximum absolute atomic E-state index is 12.5. The second kappa shape index (κ2) is 9.80. The summed E-state index contributed by atoms with van der Waals surface area (Å²) in [6.45, 7) is 6.98. The molecule has 39 heavy (non-hydrogen) atoms. The van der Waals surface area contributed by atoms with E-state index >= 15 is 0 Å². The first kappa shape index (κ1) is 31.5.